The second kappa shape index (κ2) is 9.67. The molecule has 9 nitrogen and oxygen atoms in total. The van der Waals surface area contributed by atoms with E-state index in [-0.39, 0.29) is 18.9 Å². The Bertz CT molecular complexity index is 1250. The molecule has 5 rings (SSSR count). The maximum atomic E-state index is 13.2. The van der Waals surface area contributed by atoms with Crippen LogP contribution in [0.5, 0.6) is 5.75 Å². The fourth-order valence-corrected chi connectivity index (χ4v) is 5.39. The smallest absolute Gasteiger partial charge is 0.253 e. The Morgan fingerprint density at radius 3 is 2.61 bits per heavy atom. The third kappa shape index (κ3) is 4.98. The van der Waals surface area contributed by atoms with E-state index in [1.165, 1.54) is 7.11 Å². The molecule has 0 saturated heterocycles. The Hall–Kier alpha value is -3.50. The van der Waals surface area contributed by atoms with E-state index < -0.39 is 23.2 Å². The molecular formula is C27H34F2N6O3. The summed E-state index contributed by atoms with van der Waals surface area (Å²) in [4.78, 5) is 38.9. The third-order valence-electron chi connectivity index (χ3n) is 7.77. The van der Waals surface area contributed by atoms with Gasteiger partial charge in [0, 0.05) is 44.1 Å². The standard InChI is InChI=1S/C27H34F2N6O3/c1-26(2)15-35(18-7-5-6-8-18)22-20(34(3)24(26)37)14-31-25(33-22)32-19-10-9-16(11-21(19)38-4)23(36)30-13-17-12-27(17,28)29/h9-11,14,17-18H,5-8,12-13,15H2,1-4H3,(H,30,36)(H,31,32,33). The first kappa shape index (κ1) is 26.1. The van der Waals surface area contributed by atoms with Crippen LogP contribution >= 0.6 is 0 Å². The van der Waals surface area contributed by atoms with Crippen molar-refractivity contribution in [1.29, 1.82) is 0 Å². The minimum Gasteiger partial charge on any atom is -0.495 e. The molecule has 2 aliphatic carbocycles. The van der Waals surface area contributed by atoms with Gasteiger partial charge in [0.1, 0.15) is 11.4 Å². The molecule has 1 aliphatic heterocycles. The normalized spacial score (nSPS) is 22.1. The molecule has 2 heterocycles. The number of hydrogen-bond acceptors (Lipinski definition) is 7. The monoisotopic (exact) mass is 528 g/mol. The van der Waals surface area contributed by atoms with Gasteiger partial charge in [0.2, 0.25) is 11.9 Å². The van der Waals surface area contributed by atoms with Crippen LogP contribution in [0.2, 0.25) is 0 Å². The molecule has 1 unspecified atom stereocenters. The van der Waals surface area contributed by atoms with Gasteiger partial charge < -0.3 is 25.2 Å². The van der Waals surface area contributed by atoms with E-state index in [0.717, 1.165) is 25.7 Å². The van der Waals surface area contributed by atoms with E-state index in [4.69, 9.17) is 9.72 Å². The predicted molar refractivity (Wildman–Crippen MR) is 140 cm³/mol. The van der Waals surface area contributed by atoms with Gasteiger partial charge >= 0.3 is 0 Å². The molecule has 3 aliphatic rings. The summed E-state index contributed by atoms with van der Waals surface area (Å²) in [6.45, 7) is 4.42. The number of benzene rings is 1. The number of ether oxygens (including phenoxy) is 1. The van der Waals surface area contributed by atoms with Crippen molar-refractivity contribution in [3.8, 4) is 5.75 Å². The molecule has 2 N–H and O–H groups in total. The summed E-state index contributed by atoms with van der Waals surface area (Å²) in [6, 6.07) is 5.11. The molecule has 2 amide bonds. The van der Waals surface area contributed by atoms with E-state index in [2.05, 4.69) is 20.5 Å². The van der Waals surface area contributed by atoms with Crippen LogP contribution in [0.4, 0.5) is 31.9 Å². The first-order valence-electron chi connectivity index (χ1n) is 13.0. The van der Waals surface area contributed by atoms with Gasteiger partial charge in [-0.25, -0.2) is 13.8 Å². The van der Waals surface area contributed by atoms with Crippen molar-refractivity contribution in [2.45, 2.75) is 57.9 Å². The van der Waals surface area contributed by atoms with Gasteiger partial charge in [0.05, 0.1) is 24.4 Å². The van der Waals surface area contributed by atoms with Crippen molar-refractivity contribution in [3.05, 3.63) is 30.0 Å². The summed E-state index contributed by atoms with van der Waals surface area (Å²) in [6.07, 6.45) is 5.87. The number of aromatic nitrogens is 2. The van der Waals surface area contributed by atoms with Crippen molar-refractivity contribution >= 4 is 35.0 Å². The van der Waals surface area contributed by atoms with Crippen LogP contribution in [0.3, 0.4) is 0 Å². The summed E-state index contributed by atoms with van der Waals surface area (Å²) >= 11 is 0. The van der Waals surface area contributed by atoms with Gasteiger partial charge in [-0.15, -0.1) is 0 Å². The minimum atomic E-state index is -2.68. The number of nitrogens with zero attached hydrogens (tertiary/aromatic N) is 4. The van der Waals surface area contributed by atoms with Crippen LogP contribution in [-0.2, 0) is 4.79 Å². The molecule has 2 aromatic rings. The summed E-state index contributed by atoms with van der Waals surface area (Å²) in [5, 5.41) is 5.75. The zero-order valence-electron chi connectivity index (χ0n) is 22.2. The number of methoxy groups -OCH3 is 1. The SMILES string of the molecule is COc1cc(C(=O)NCC2CC2(F)F)ccc1Nc1ncc2c(n1)N(C1CCCC1)CC(C)(C)C(=O)N2C. The van der Waals surface area contributed by atoms with Crippen LogP contribution in [0.25, 0.3) is 0 Å². The van der Waals surface area contributed by atoms with E-state index in [0.29, 0.717) is 47.0 Å². The molecular weight excluding hydrogens is 494 g/mol. The Kier molecular flexibility index (Phi) is 6.65. The van der Waals surface area contributed by atoms with Crippen molar-refractivity contribution in [1.82, 2.24) is 15.3 Å². The van der Waals surface area contributed by atoms with Gasteiger partial charge in [-0.05, 0) is 44.9 Å². The highest BCUT2D eigenvalue weighted by molar-refractivity contribution is 6.01. The van der Waals surface area contributed by atoms with Gasteiger partial charge in [0.25, 0.3) is 11.8 Å². The van der Waals surface area contributed by atoms with Crippen LogP contribution in [0.15, 0.2) is 24.4 Å². The van der Waals surface area contributed by atoms with E-state index in [1.807, 2.05) is 13.8 Å². The maximum absolute atomic E-state index is 13.2. The van der Waals surface area contributed by atoms with Crippen molar-refractivity contribution in [2.24, 2.45) is 11.3 Å². The fourth-order valence-electron chi connectivity index (χ4n) is 5.39. The number of nitrogens with one attached hydrogen (secondary N) is 2. The number of halogens is 2. The predicted octanol–water partition coefficient (Wildman–Crippen LogP) is 4.37. The number of hydrogen-bond donors (Lipinski definition) is 2. The molecule has 0 radical (unpaired) electrons. The van der Waals surface area contributed by atoms with Gasteiger partial charge in [-0.1, -0.05) is 12.8 Å². The zero-order chi connectivity index (χ0) is 27.2. The van der Waals surface area contributed by atoms with E-state index in [1.54, 1.807) is 36.3 Å². The Balaban J connectivity index is 1.39. The first-order valence-corrected chi connectivity index (χ1v) is 13.0. The molecule has 2 fully saturated rings. The zero-order valence-corrected chi connectivity index (χ0v) is 22.2. The highest BCUT2D eigenvalue weighted by Crippen LogP contribution is 2.48. The average molecular weight is 529 g/mol. The molecule has 0 bridgehead atoms. The summed E-state index contributed by atoms with van der Waals surface area (Å²) < 4.78 is 31.8. The maximum Gasteiger partial charge on any atom is 0.253 e. The molecule has 1 aromatic heterocycles. The number of alkyl halides is 2. The third-order valence-corrected chi connectivity index (χ3v) is 7.77. The van der Waals surface area contributed by atoms with Crippen LogP contribution in [-0.4, -0.2) is 61.0 Å². The highest BCUT2D eigenvalue weighted by Gasteiger charge is 2.56. The minimum absolute atomic E-state index is 0.0181. The number of carbonyl (C=O) groups excluding carboxylic acids is 2. The second-order valence-corrected chi connectivity index (χ2v) is 11.1. The van der Waals surface area contributed by atoms with Crippen LogP contribution in [0, 0.1) is 11.3 Å². The summed E-state index contributed by atoms with van der Waals surface area (Å²) in [5.74, 6) is -2.48. The van der Waals surface area contributed by atoms with Gasteiger partial charge in [-0.2, -0.15) is 4.98 Å². The van der Waals surface area contributed by atoms with Crippen molar-refractivity contribution in [3.63, 3.8) is 0 Å². The molecule has 1 atom stereocenters. The quantitative estimate of drug-likeness (QED) is 0.551. The van der Waals surface area contributed by atoms with Crippen LogP contribution < -0.4 is 25.2 Å². The summed E-state index contributed by atoms with van der Waals surface area (Å²) in [7, 11) is 3.24. The lowest BCUT2D eigenvalue weighted by Gasteiger charge is -2.34. The van der Waals surface area contributed by atoms with Crippen LogP contribution in [0.1, 0.15) is 56.3 Å². The number of anilines is 4. The lowest BCUT2D eigenvalue weighted by Crippen LogP contribution is -2.45. The lowest BCUT2D eigenvalue weighted by molar-refractivity contribution is -0.125. The molecule has 204 valence electrons. The number of amides is 2. The van der Waals surface area contributed by atoms with Crippen molar-refractivity contribution in [2.75, 3.05) is 42.4 Å². The van der Waals surface area contributed by atoms with Gasteiger partial charge in [0.15, 0.2) is 5.82 Å². The number of rotatable bonds is 7. The average Bonchev–Trinajstić information content (AvgIpc) is 3.25. The highest BCUT2D eigenvalue weighted by atomic mass is 19.3. The molecule has 1 aromatic carbocycles. The summed E-state index contributed by atoms with van der Waals surface area (Å²) in [5.41, 5.74) is 0.927. The lowest BCUT2D eigenvalue weighted by atomic mass is 9.91. The van der Waals surface area contributed by atoms with Crippen molar-refractivity contribution < 1.29 is 23.1 Å². The molecule has 38 heavy (non-hydrogen) atoms. The molecule has 2 saturated carbocycles. The second-order valence-electron chi connectivity index (χ2n) is 11.1. The first-order chi connectivity index (χ1) is 18.0. The topological polar surface area (TPSA) is 99.7 Å². The molecule has 0 spiro atoms. The Labute approximate surface area is 221 Å². The number of carbonyl (C=O) groups is 2. The number of fused-ring (bicyclic) bond motifs is 1. The van der Waals surface area contributed by atoms with Gasteiger partial charge in [-0.3, -0.25) is 9.59 Å². The Morgan fingerprint density at radius 1 is 1.24 bits per heavy atom. The molecule has 11 heteroatoms. The van der Waals surface area contributed by atoms with E-state index in [9.17, 15) is 18.4 Å². The Morgan fingerprint density at radius 2 is 1.95 bits per heavy atom. The van der Waals surface area contributed by atoms with E-state index >= 15 is 0 Å². The largest absolute Gasteiger partial charge is 0.495 e. The fraction of sp³-hybridized carbons (Fsp3) is 0.556.